The highest BCUT2D eigenvalue weighted by Gasteiger charge is 2.66. The molecule has 1 aromatic carbocycles. The van der Waals surface area contributed by atoms with Gasteiger partial charge in [0.25, 0.3) is 5.91 Å². The van der Waals surface area contributed by atoms with E-state index in [-0.39, 0.29) is 62.2 Å². The first-order valence-electron chi connectivity index (χ1n) is 16.7. The van der Waals surface area contributed by atoms with Crippen LogP contribution in [0.1, 0.15) is 127 Å². The van der Waals surface area contributed by atoms with Crippen molar-refractivity contribution in [3.8, 4) is 0 Å². The Morgan fingerprint density at radius 3 is 2.23 bits per heavy atom. The predicted molar refractivity (Wildman–Crippen MR) is 171 cm³/mol. The number of benzene rings is 1. The summed E-state index contributed by atoms with van der Waals surface area (Å²) in [4.78, 5) is 25.3. The van der Waals surface area contributed by atoms with Crippen molar-refractivity contribution in [1.82, 2.24) is 5.32 Å². The van der Waals surface area contributed by atoms with E-state index in [1.807, 2.05) is 0 Å². The number of amides is 1. The molecular formula is C38H53NO4. The fourth-order valence-electron chi connectivity index (χ4n) is 11.3. The number of carboxylic acids is 1. The minimum absolute atomic E-state index is 0.0149. The molecule has 6 unspecified atom stereocenters. The van der Waals surface area contributed by atoms with Crippen molar-refractivity contribution in [3.63, 3.8) is 0 Å². The largest absolute Gasteiger partial charge is 0.478 e. The predicted octanol–water partition coefficient (Wildman–Crippen LogP) is 8.20. The zero-order valence-corrected chi connectivity index (χ0v) is 27.5. The molecule has 43 heavy (non-hydrogen) atoms. The van der Waals surface area contributed by atoms with Crippen molar-refractivity contribution in [1.29, 1.82) is 0 Å². The molecule has 0 aliphatic heterocycles. The van der Waals surface area contributed by atoms with Crippen molar-refractivity contribution in [2.24, 2.45) is 44.3 Å². The second-order valence-electron chi connectivity index (χ2n) is 17.0. The highest BCUT2D eigenvalue weighted by atomic mass is 16.4. The summed E-state index contributed by atoms with van der Waals surface area (Å²) in [6, 6.07) is 6.51. The van der Waals surface area contributed by atoms with E-state index in [1.54, 1.807) is 29.3 Å². The van der Waals surface area contributed by atoms with E-state index in [9.17, 15) is 19.8 Å². The molecule has 0 aromatic heterocycles. The van der Waals surface area contributed by atoms with Gasteiger partial charge in [0.15, 0.2) is 0 Å². The Labute approximate surface area is 258 Å². The molecule has 234 valence electrons. The number of aliphatic hydroxyl groups excluding tert-OH is 1. The van der Waals surface area contributed by atoms with Gasteiger partial charge in [-0.3, -0.25) is 4.79 Å². The number of hydrogen-bond donors (Lipinski definition) is 3. The average molecular weight is 588 g/mol. The zero-order chi connectivity index (χ0) is 31.2. The summed E-state index contributed by atoms with van der Waals surface area (Å²) in [6.45, 7) is 17.4. The van der Waals surface area contributed by atoms with Gasteiger partial charge in [-0.1, -0.05) is 78.3 Å². The fourth-order valence-corrected chi connectivity index (χ4v) is 11.3. The van der Waals surface area contributed by atoms with Crippen molar-refractivity contribution < 1.29 is 19.8 Å². The van der Waals surface area contributed by atoms with Crippen LogP contribution in [-0.2, 0) is 0 Å². The van der Waals surface area contributed by atoms with Crippen LogP contribution in [0.15, 0.2) is 47.6 Å². The first kappa shape index (κ1) is 30.6. The van der Waals surface area contributed by atoms with Crippen LogP contribution in [-0.4, -0.2) is 34.7 Å². The van der Waals surface area contributed by atoms with E-state index in [1.165, 1.54) is 25.3 Å². The van der Waals surface area contributed by atoms with Crippen LogP contribution in [0.5, 0.6) is 0 Å². The maximum absolute atomic E-state index is 13.4. The van der Waals surface area contributed by atoms with Crippen LogP contribution in [0.4, 0.5) is 0 Å². The summed E-state index contributed by atoms with van der Waals surface area (Å²) in [7, 11) is 0. The number of carbonyl (C=O) groups is 2. The molecule has 3 saturated carbocycles. The molecule has 1 amide bonds. The number of aliphatic hydroxyl groups is 1. The molecule has 8 atom stereocenters. The quantitative estimate of drug-likeness (QED) is 0.331. The molecule has 5 aliphatic rings. The van der Waals surface area contributed by atoms with Gasteiger partial charge in [-0.2, -0.15) is 0 Å². The molecule has 5 aliphatic carbocycles. The third-order valence-corrected chi connectivity index (χ3v) is 14.4. The lowest BCUT2D eigenvalue weighted by molar-refractivity contribution is -0.158. The Bertz CT molecular complexity index is 1410. The summed E-state index contributed by atoms with van der Waals surface area (Å²) < 4.78 is 0. The average Bonchev–Trinajstić information content (AvgIpc) is 2.96. The molecule has 0 bridgehead atoms. The first-order chi connectivity index (χ1) is 20.0. The van der Waals surface area contributed by atoms with E-state index < -0.39 is 5.97 Å². The van der Waals surface area contributed by atoms with E-state index >= 15 is 0 Å². The topological polar surface area (TPSA) is 86.6 Å². The van der Waals surface area contributed by atoms with Crippen LogP contribution >= 0.6 is 0 Å². The lowest BCUT2D eigenvalue weighted by Gasteiger charge is -2.69. The SMILES string of the molecule is CC12CC[C@](C)(CO)CC1=C1C=CC3C4(C)CCC(NC(=O)c5ccccc5C(=O)O)C(C)(C)C4CCC3(C)[C@]1(C)CC2. The van der Waals surface area contributed by atoms with Crippen molar-refractivity contribution in [2.75, 3.05) is 6.61 Å². The van der Waals surface area contributed by atoms with E-state index in [0.717, 1.165) is 38.5 Å². The van der Waals surface area contributed by atoms with Gasteiger partial charge in [0.05, 0.1) is 11.1 Å². The van der Waals surface area contributed by atoms with Crippen LogP contribution in [0.3, 0.4) is 0 Å². The summed E-state index contributed by atoms with van der Waals surface area (Å²) in [5, 5.41) is 23.3. The Balaban J connectivity index is 1.33. The van der Waals surface area contributed by atoms with E-state index in [4.69, 9.17) is 0 Å². The third kappa shape index (κ3) is 4.26. The molecule has 5 nitrogen and oxygen atoms in total. The highest BCUT2D eigenvalue weighted by molar-refractivity contribution is 6.04. The number of fused-ring (bicyclic) bond motifs is 6. The van der Waals surface area contributed by atoms with Gasteiger partial charge < -0.3 is 15.5 Å². The second kappa shape index (κ2) is 9.80. The number of allylic oxidation sites excluding steroid dienone is 4. The molecule has 6 rings (SSSR count). The maximum Gasteiger partial charge on any atom is 0.336 e. The zero-order valence-electron chi connectivity index (χ0n) is 27.5. The van der Waals surface area contributed by atoms with Crippen molar-refractivity contribution >= 4 is 11.9 Å². The summed E-state index contributed by atoms with van der Waals surface area (Å²) in [5.74, 6) is -0.462. The van der Waals surface area contributed by atoms with Crippen LogP contribution in [0.2, 0.25) is 0 Å². The highest BCUT2D eigenvalue weighted by Crippen LogP contribution is 2.74. The van der Waals surface area contributed by atoms with Gasteiger partial charge >= 0.3 is 5.97 Å². The number of rotatable bonds is 4. The molecule has 3 fully saturated rings. The van der Waals surface area contributed by atoms with Crippen LogP contribution < -0.4 is 5.32 Å². The lowest BCUT2D eigenvalue weighted by atomic mass is 9.35. The molecule has 5 heteroatoms. The van der Waals surface area contributed by atoms with E-state index in [2.05, 4.69) is 65.9 Å². The van der Waals surface area contributed by atoms with Gasteiger partial charge in [-0.25, -0.2) is 4.79 Å². The molecule has 3 N–H and O–H groups in total. The second-order valence-corrected chi connectivity index (χ2v) is 17.0. The van der Waals surface area contributed by atoms with Crippen molar-refractivity contribution in [3.05, 3.63) is 58.7 Å². The minimum atomic E-state index is -1.07. The monoisotopic (exact) mass is 587 g/mol. The molecule has 1 aromatic rings. The Kier molecular flexibility index (Phi) is 6.98. The molecule has 0 spiro atoms. The third-order valence-electron chi connectivity index (χ3n) is 14.4. The summed E-state index contributed by atoms with van der Waals surface area (Å²) in [6.07, 6.45) is 15.1. The van der Waals surface area contributed by atoms with Crippen LogP contribution in [0.25, 0.3) is 0 Å². The van der Waals surface area contributed by atoms with Crippen LogP contribution in [0, 0.1) is 44.3 Å². The molecular weight excluding hydrogens is 534 g/mol. The smallest absolute Gasteiger partial charge is 0.336 e. The molecule has 0 radical (unpaired) electrons. The van der Waals surface area contributed by atoms with Gasteiger partial charge in [-0.15, -0.1) is 0 Å². The lowest BCUT2D eigenvalue weighted by Crippen LogP contribution is -2.64. The van der Waals surface area contributed by atoms with Crippen molar-refractivity contribution in [2.45, 2.75) is 112 Å². The first-order valence-corrected chi connectivity index (χ1v) is 16.7. The van der Waals surface area contributed by atoms with Gasteiger partial charge in [-0.05, 0) is 120 Å². The number of carboxylic acid groups (broad SMARTS) is 1. The fraction of sp³-hybridized carbons (Fsp3) is 0.684. The summed E-state index contributed by atoms with van der Waals surface area (Å²) >= 11 is 0. The maximum atomic E-state index is 13.4. The van der Waals surface area contributed by atoms with Gasteiger partial charge in [0, 0.05) is 12.6 Å². The number of nitrogens with one attached hydrogen (secondary N) is 1. The molecule has 0 heterocycles. The summed E-state index contributed by atoms with van der Waals surface area (Å²) in [5.41, 5.74) is 3.96. The van der Waals surface area contributed by atoms with Gasteiger partial charge in [0.1, 0.15) is 0 Å². The van der Waals surface area contributed by atoms with Gasteiger partial charge in [0.2, 0.25) is 0 Å². The molecule has 0 saturated heterocycles. The standard InChI is InChI=1S/C38H53NO4/c1-33(2)28-14-17-38(7)29(13-12-26-27-22-34(3,23-40)18-19-35(27,4)20-21-37(26,38)6)36(28,5)16-15-30(33)39-31(41)24-10-8-9-11-25(24)32(42)43/h8-13,28-30,40H,14-23H2,1-7H3,(H,39,41)(H,42,43)/t28?,29?,30?,34-,35?,36?,37+,38?/m0/s1. The number of aromatic carboxylic acids is 1. The number of carbonyl (C=O) groups excluding carboxylic acids is 1. The number of hydrogen-bond acceptors (Lipinski definition) is 3. The Morgan fingerprint density at radius 2 is 1.56 bits per heavy atom. The Hall–Kier alpha value is -2.40. The Morgan fingerprint density at radius 1 is 0.884 bits per heavy atom. The van der Waals surface area contributed by atoms with E-state index in [0.29, 0.717) is 11.8 Å². The minimum Gasteiger partial charge on any atom is -0.478 e. The normalized spacial score (nSPS) is 43.1.